The fraction of sp³-hybridized carbons (Fsp3) is 0.476. The summed E-state index contributed by atoms with van der Waals surface area (Å²) in [5, 5.41) is 10.8. The van der Waals surface area contributed by atoms with E-state index in [1.807, 2.05) is 37.3 Å². The Morgan fingerprint density at radius 3 is 2.41 bits per heavy atom. The van der Waals surface area contributed by atoms with Gasteiger partial charge in [-0.1, -0.05) is 44.2 Å². The molecule has 27 heavy (non-hydrogen) atoms. The molecule has 144 valence electrons. The highest BCUT2D eigenvalue weighted by Gasteiger charge is 2.44. The molecule has 2 aromatic rings. The minimum Gasteiger partial charge on any atom is -0.481 e. The van der Waals surface area contributed by atoms with Crippen molar-refractivity contribution < 1.29 is 14.7 Å². The molecule has 1 N–H and O–H groups in total. The number of hydrogen-bond donors (Lipinski definition) is 1. The molecular weight excluding hydrogens is 360 g/mol. The smallest absolute Gasteiger partial charge is 0.314 e. The van der Waals surface area contributed by atoms with Crippen molar-refractivity contribution >= 4 is 23.2 Å². The van der Waals surface area contributed by atoms with Gasteiger partial charge in [0, 0.05) is 13.1 Å². The van der Waals surface area contributed by atoms with Gasteiger partial charge in [-0.05, 0) is 37.7 Å². The molecule has 1 amide bonds. The van der Waals surface area contributed by atoms with Gasteiger partial charge in [-0.25, -0.2) is 4.98 Å². The molecule has 1 aromatic carbocycles. The molecule has 0 spiro atoms. The maximum Gasteiger partial charge on any atom is 0.314 e. The van der Waals surface area contributed by atoms with Gasteiger partial charge >= 0.3 is 5.97 Å². The van der Waals surface area contributed by atoms with Gasteiger partial charge in [-0.15, -0.1) is 11.3 Å². The molecule has 0 radical (unpaired) electrons. The number of likely N-dealkylation sites (tertiary alicyclic amines) is 1. The number of nitrogens with zero attached hydrogens (tertiary/aromatic N) is 2. The highest BCUT2D eigenvalue weighted by molar-refractivity contribution is 7.13. The zero-order valence-corrected chi connectivity index (χ0v) is 16.9. The summed E-state index contributed by atoms with van der Waals surface area (Å²) in [6.07, 6.45) is 1.63. The van der Waals surface area contributed by atoms with Crippen LogP contribution in [0.15, 0.2) is 30.3 Å². The first-order valence-corrected chi connectivity index (χ1v) is 10.2. The second-order valence-corrected chi connectivity index (χ2v) is 8.86. The Morgan fingerprint density at radius 1 is 1.22 bits per heavy atom. The number of thiazole rings is 1. The van der Waals surface area contributed by atoms with E-state index in [0.717, 1.165) is 22.7 Å². The Bertz CT molecular complexity index is 821. The van der Waals surface area contributed by atoms with E-state index in [-0.39, 0.29) is 5.91 Å². The lowest BCUT2D eigenvalue weighted by molar-refractivity contribution is -0.145. The second kappa shape index (κ2) is 7.80. The zero-order valence-electron chi connectivity index (χ0n) is 16.1. The average Bonchev–Trinajstić information content (AvgIpc) is 3.01. The van der Waals surface area contributed by atoms with Crippen molar-refractivity contribution in [1.82, 2.24) is 9.88 Å². The summed E-state index contributed by atoms with van der Waals surface area (Å²) in [5.41, 5.74) is 0.775. The monoisotopic (exact) mass is 386 g/mol. The highest BCUT2D eigenvalue weighted by Crippen LogP contribution is 2.36. The van der Waals surface area contributed by atoms with Crippen LogP contribution in [0, 0.1) is 12.8 Å². The number of aryl methyl sites for hydroxylation is 1. The van der Waals surface area contributed by atoms with Crippen molar-refractivity contribution in [1.29, 1.82) is 0 Å². The summed E-state index contributed by atoms with van der Waals surface area (Å²) < 4.78 is 0. The quantitative estimate of drug-likeness (QED) is 0.846. The van der Waals surface area contributed by atoms with Crippen molar-refractivity contribution in [3.05, 3.63) is 51.5 Å². The second-order valence-electron chi connectivity index (χ2n) is 7.65. The number of hydrogen-bond acceptors (Lipinski definition) is 4. The minimum absolute atomic E-state index is 0.0108. The van der Waals surface area contributed by atoms with E-state index in [9.17, 15) is 14.7 Å². The van der Waals surface area contributed by atoms with Gasteiger partial charge in [0.25, 0.3) is 5.91 Å². The standard InChI is InChI=1S/C21H26N2O3S/c1-14(2)13-17-18(27-15(3)22-17)19(24)23-11-9-21(10-12-23,20(25)26)16-7-5-4-6-8-16/h4-8,14H,9-13H2,1-3H3,(H,25,26). The number of carbonyl (C=O) groups is 2. The number of aliphatic carboxylic acids is 1. The van der Waals surface area contributed by atoms with Crippen LogP contribution in [0.5, 0.6) is 0 Å². The van der Waals surface area contributed by atoms with Crippen LogP contribution < -0.4 is 0 Å². The first-order chi connectivity index (χ1) is 12.8. The maximum atomic E-state index is 13.1. The molecule has 0 saturated carbocycles. The Kier molecular flexibility index (Phi) is 5.65. The van der Waals surface area contributed by atoms with E-state index in [4.69, 9.17) is 0 Å². The van der Waals surface area contributed by atoms with Gasteiger partial charge in [-0.3, -0.25) is 9.59 Å². The van der Waals surface area contributed by atoms with Gasteiger partial charge in [0.1, 0.15) is 4.88 Å². The van der Waals surface area contributed by atoms with Crippen LogP contribution in [0.2, 0.25) is 0 Å². The van der Waals surface area contributed by atoms with Gasteiger partial charge < -0.3 is 10.0 Å². The van der Waals surface area contributed by atoms with E-state index in [0.29, 0.717) is 36.7 Å². The van der Waals surface area contributed by atoms with Crippen LogP contribution >= 0.6 is 11.3 Å². The third-order valence-corrected chi connectivity index (χ3v) is 6.24. The van der Waals surface area contributed by atoms with E-state index in [1.54, 1.807) is 4.90 Å². The summed E-state index contributed by atoms with van der Waals surface area (Å²) in [6, 6.07) is 9.38. The van der Waals surface area contributed by atoms with Crippen LogP contribution in [-0.4, -0.2) is 40.0 Å². The van der Waals surface area contributed by atoms with Crippen LogP contribution in [0.3, 0.4) is 0 Å². The molecule has 6 heteroatoms. The summed E-state index contributed by atoms with van der Waals surface area (Å²) in [5.74, 6) is -0.393. The molecule has 1 saturated heterocycles. The Morgan fingerprint density at radius 2 is 1.85 bits per heavy atom. The molecule has 5 nitrogen and oxygen atoms in total. The summed E-state index contributed by atoms with van der Waals surface area (Å²) in [7, 11) is 0. The van der Waals surface area contributed by atoms with Crippen molar-refractivity contribution in [2.24, 2.45) is 5.92 Å². The van der Waals surface area contributed by atoms with Crippen LogP contribution in [0.1, 0.15) is 52.6 Å². The number of benzene rings is 1. The number of aromatic nitrogens is 1. The molecule has 1 aliphatic heterocycles. The van der Waals surface area contributed by atoms with Crippen LogP contribution in [-0.2, 0) is 16.6 Å². The van der Waals surface area contributed by atoms with Crippen LogP contribution in [0.4, 0.5) is 0 Å². The molecule has 2 heterocycles. The lowest BCUT2D eigenvalue weighted by atomic mass is 9.73. The SMILES string of the molecule is Cc1nc(CC(C)C)c(C(=O)N2CCC(C(=O)O)(c3ccccc3)CC2)s1. The lowest BCUT2D eigenvalue weighted by Gasteiger charge is -2.39. The van der Waals surface area contributed by atoms with Crippen molar-refractivity contribution in [2.45, 2.75) is 45.4 Å². The third-order valence-electron chi connectivity index (χ3n) is 5.24. The number of carboxylic acid groups (broad SMARTS) is 1. The minimum atomic E-state index is -0.914. The lowest BCUT2D eigenvalue weighted by Crippen LogP contribution is -2.49. The first-order valence-electron chi connectivity index (χ1n) is 9.38. The molecule has 1 aliphatic rings. The Hall–Kier alpha value is -2.21. The largest absolute Gasteiger partial charge is 0.481 e. The van der Waals surface area contributed by atoms with Crippen molar-refractivity contribution in [3.8, 4) is 0 Å². The molecule has 3 rings (SSSR count). The van der Waals surface area contributed by atoms with Gasteiger partial charge in [0.05, 0.1) is 16.1 Å². The van der Waals surface area contributed by atoms with Crippen molar-refractivity contribution in [3.63, 3.8) is 0 Å². The molecule has 1 aromatic heterocycles. The zero-order chi connectivity index (χ0) is 19.6. The number of amides is 1. The topological polar surface area (TPSA) is 70.5 Å². The average molecular weight is 387 g/mol. The highest BCUT2D eigenvalue weighted by atomic mass is 32.1. The molecule has 0 atom stereocenters. The van der Waals surface area contributed by atoms with Crippen LogP contribution in [0.25, 0.3) is 0 Å². The van der Waals surface area contributed by atoms with Gasteiger partial charge in [0.15, 0.2) is 0 Å². The van der Waals surface area contributed by atoms with Gasteiger partial charge in [0.2, 0.25) is 0 Å². The number of piperidine rings is 1. The molecule has 1 fully saturated rings. The van der Waals surface area contributed by atoms with E-state index < -0.39 is 11.4 Å². The Balaban J connectivity index is 1.79. The van der Waals surface area contributed by atoms with Gasteiger partial charge in [-0.2, -0.15) is 0 Å². The molecule has 0 aliphatic carbocycles. The van der Waals surface area contributed by atoms with Crippen molar-refractivity contribution in [2.75, 3.05) is 13.1 Å². The molecule has 0 bridgehead atoms. The number of rotatable bonds is 5. The van der Waals surface area contributed by atoms with E-state index in [1.165, 1.54) is 11.3 Å². The predicted octanol–water partition coefficient (Wildman–Crippen LogP) is 3.91. The normalized spacial score (nSPS) is 16.5. The maximum absolute atomic E-state index is 13.1. The number of carboxylic acids is 1. The summed E-state index contributed by atoms with van der Waals surface area (Å²) >= 11 is 1.44. The van der Waals surface area contributed by atoms with E-state index >= 15 is 0 Å². The summed E-state index contributed by atoms with van der Waals surface area (Å²) in [4.78, 5) is 32.2. The third kappa shape index (κ3) is 3.90. The molecule has 0 unspecified atom stereocenters. The molecular formula is C21H26N2O3S. The Labute approximate surface area is 164 Å². The fourth-order valence-electron chi connectivity index (χ4n) is 3.78. The summed E-state index contributed by atoms with van der Waals surface area (Å²) in [6.45, 7) is 7.04. The predicted molar refractivity (Wildman–Crippen MR) is 106 cm³/mol. The fourth-order valence-corrected chi connectivity index (χ4v) is 4.70. The first kappa shape index (κ1) is 19.5. The number of carbonyl (C=O) groups excluding carboxylic acids is 1. The van der Waals surface area contributed by atoms with E-state index in [2.05, 4.69) is 18.8 Å².